The highest BCUT2D eigenvalue weighted by atomic mass is 19.1. The van der Waals surface area contributed by atoms with Crippen LogP contribution in [0.3, 0.4) is 0 Å². The van der Waals surface area contributed by atoms with E-state index < -0.39 is 17.6 Å². The quantitative estimate of drug-likeness (QED) is 0.326. The van der Waals surface area contributed by atoms with Crippen molar-refractivity contribution in [2.24, 2.45) is 5.10 Å². The highest BCUT2D eigenvalue weighted by molar-refractivity contribution is 5.96. The second-order valence-corrected chi connectivity index (χ2v) is 7.20. The van der Waals surface area contributed by atoms with Crippen molar-refractivity contribution in [1.29, 1.82) is 0 Å². The van der Waals surface area contributed by atoms with Crippen LogP contribution in [0.15, 0.2) is 90.2 Å². The number of nitrogens with zero attached hydrogens (tertiary/aromatic N) is 3. The van der Waals surface area contributed by atoms with Gasteiger partial charge in [-0.15, -0.1) is 0 Å². The Hall–Kier alpha value is -4.66. The Morgan fingerprint density at radius 3 is 2.24 bits per heavy atom. The standard InChI is InChI=1S/C25H19F2N5O2/c26-20-10-6-17(7-11-20)24-19(16-32(31-24)22-4-2-1-3-5-22)14-29-30-23(33)15-28-25(34)18-8-12-21(27)13-9-18/h1-14,16H,15H2,(H,28,34)(H,30,33)/b29-14-. The van der Waals surface area contributed by atoms with Crippen molar-refractivity contribution in [3.8, 4) is 16.9 Å². The molecule has 0 unspecified atom stereocenters. The number of para-hydroxylation sites is 1. The molecule has 0 aliphatic carbocycles. The number of hydrazone groups is 1. The molecule has 170 valence electrons. The van der Waals surface area contributed by atoms with Gasteiger partial charge in [-0.05, 0) is 60.7 Å². The first kappa shape index (κ1) is 22.5. The first-order valence-corrected chi connectivity index (χ1v) is 10.3. The van der Waals surface area contributed by atoms with Gasteiger partial charge in [-0.3, -0.25) is 9.59 Å². The van der Waals surface area contributed by atoms with Crippen molar-refractivity contribution in [3.05, 3.63) is 108 Å². The first-order valence-electron chi connectivity index (χ1n) is 10.3. The van der Waals surface area contributed by atoms with Crippen molar-refractivity contribution in [2.45, 2.75) is 0 Å². The van der Waals surface area contributed by atoms with E-state index >= 15 is 0 Å². The lowest BCUT2D eigenvalue weighted by atomic mass is 10.1. The van der Waals surface area contributed by atoms with Gasteiger partial charge >= 0.3 is 0 Å². The maximum Gasteiger partial charge on any atom is 0.259 e. The average Bonchev–Trinajstić information content (AvgIpc) is 3.28. The zero-order valence-electron chi connectivity index (χ0n) is 17.8. The van der Waals surface area contributed by atoms with Crippen LogP contribution in [0, 0.1) is 11.6 Å². The molecule has 0 spiro atoms. The summed E-state index contributed by atoms with van der Waals surface area (Å²) in [6.07, 6.45) is 3.16. The first-order chi connectivity index (χ1) is 16.5. The third-order valence-electron chi connectivity index (χ3n) is 4.79. The van der Waals surface area contributed by atoms with Crippen molar-refractivity contribution < 1.29 is 18.4 Å². The van der Waals surface area contributed by atoms with Crippen LogP contribution in [-0.4, -0.2) is 34.4 Å². The van der Waals surface area contributed by atoms with E-state index in [1.165, 1.54) is 30.5 Å². The van der Waals surface area contributed by atoms with Gasteiger partial charge in [0.05, 0.1) is 18.4 Å². The fourth-order valence-electron chi connectivity index (χ4n) is 3.10. The molecular weight excluding hydrogens is 440 g/mol. The maximum atomic E-state index is 13.4. The predicted molar refractivity (Wildman–Crippen MR) is 123 cm³/mol. The second-order valence-electron chi connectivity index (χ2n) is 7.20. The molecule has 0 radical (unpaired) electrons. The van der Waals surface area contributed by atoms with Gasteiger partial charge in [-0.2, -0.15) is 10.2 Å². The third kappa shape index (κ3) is 5.57. The lowest BCUT2D eigenvalue weighted by molar-refractivity contribution is -0.120. The Morgan fingerprint density at radius 1 is 0.912 bits per heavy atom. The van der Waals surface area contributed by atoms with Crippen molar-refractivity contribution in [3.63, 3.8) is 0 Å². The van der Waals surface area contributed by atoms with Crippen LogP contribution in [0.25, 0.3) is 16.9 Å². The van der Waals surface area contributed by atoms with E-state index in [0.29, 0.717) is 16.8 Å². The Morgan fingerprint density at radius 2 is 1.56 bits per heavy atom. The normalized spacial score (nSPS) is 10.9. The average molecular weight is 459 g/mol. The van der Waals surface area contributed by atoms with Gasteiger partial charge in [0, 0.05) is 22.9 Å². The van der Waals surface area contributed by atoms with Crippen LogP contribution in [0.2, 0.25) is 0 Å². The van der Waals surface area contributed by atoms with Crippen LogP contribution in [0.1, 0.15) is 15.9 Å². The minimum atomic E-state index is -0.550. The fraction of sp³-hybridized carbons (Fsp3) is 0.0400. The van der Waals surface area contributed by atoms with E-state index in [-0.39, 0.29) is 17.9 Å². The van der Waals surface area contributed by atoms with E-state index in [9.17, 15) is 18.4 Å². The predicted octanol–water partition coefficient (Wildman–Crippen LogP) is 3.70. The van der Waals surface area contributed by atoms with E-state index in [4.69, 9.17) is 0 Å². The number of halogens is 2. The Kier molecular flexibility index (Phi) is 6.83. The molecular formula is C25H19F2N5O2. The highest BCUT2D eigenvalue weighted by Crippen LogP contribution is 2.23. The van der Waals surface area contributed by atoms with Gasteiger partial charge < -0.3 is 5.32 Å². The van der Waals surface area contributed by atoms with Crippen LogP contribution in [-0.2, 0) is 4.79 Å². The molecule has 34 heavy (non-hydrogen) atoms. The SMILES string of the molecule is O=C(CNC(=O)c1ccc(F)cc1)N/N=C\c1cn(-c2ccccc2)nc1-c1ccc(F)cc1. The fourth-order valence-corrected chi connectivity index (χ4v) is 3.10. The molecule has 2 amide bonds. The molecule has 4 rings (SSSR count). The Balaban J connectivity index is 1.45. The summed E-state index contributed by atoms with van der Waals surface area (Å²) in [6.45, 7) is -0.318. The number of nitrogens with one attached hydrogen (secondary N) is 2. The molecule has 0 aliphatic rings. The third-order valence-corrected chi connectivity index (χ3v) is 4.79. The van der Waals surface area contributed by atoms with Crippen LogP contribution in [0.4, 0.5) is 8.78 Å². The summed E-state index contributed by atoms with van der Waals surface area (Å²) < 4.78 is 28.0. The number of hydrogen-bond acceptors (Lipinski definition) is 4. The lowest BCUT2D eigenvalue weighted by Gasteiger charge is -2.04. The zero-order chi connectivity index (χ0) is 23.9. The van der Waals surface area contributed by atoms with Crippen molar-refractivity contribution in [1.82, 2.24) is 20.5 Å². The molecule has 7 nitrogen and oxygen atoms in total. The minimum absolute atomic E-state index is 0.231. The maximum absolute atomic E-state index is 13.4. The van der Waals surface area contributed by atoms with Gasteiger partial charge in [0.2, 0.25) is 0 Å². The molecule has 3 aromatic carbocycles. The molecule has 1 heterocycles. The van der Waals surface area contributed by atoms with Crippen molar-refractivity contribution >= 4 is 18.0 Å². The van der Waals surface area contributed by atoms with Gasteiger partial charge in [-0.1, -0.05) is 18.2 Å². The number of aromatic nitrogens is 2. The Labute approximate surface area is 193 Å². The number of amides is 2. The summed E-state index contributed by atoms with van der Waals surface area (Å²) in [4.78, 5) is 24.1. The monoisotopic (exact) mass is 459 g/mol. The number of hydrogen-bond donors (Lipinski definition) is 2. The van der Waals surface area contributed by atoms with Crippen molar-refractivity contribution in [2.75, 3.05) is 6.54 Å². The molecule has 0 saturated carbocycles. The molecule has 0 saturated heterocycles. The lowest BCUT2D eigenvalue weighted by Crippen LogP contribution is -2.34. The zero-order valence-corrected chi connectivity index (χ0v) is 17.8. The summed E-state index contributed by atoms with van der Waals surface area (Å²) in [5.74, 6) is -1.89. The summed E-state index contributed by atoms with van der Waals surface area (Å²) in [6, 6.07) is 20.3. The van der Waals surface area contributed by atoms with Crippen LogP contribution < -0.4 is 10.7 Å². The largest absolute Gasteiger partial charge is 0.343 e. The van der Waals surface area contributed by atoms with E-state index in [1.807, 2.05) is 30.3 Å². The molecule has 9 heteroatoms. The second kappa shape index (κ2) is 10.3. The Bertz CT molecular complexity index is 1320. The number of carbonyl (C=O) groups excluding carboxylic acids is 2. The molecule has 1 aromatic heterocycles. The molecule has 0 bridgehead atoms. The van der Waals surface area contributed by atoms with Gasteiger partial charge in [-0.25, -0.2) is 18.9 Å². The summed E-state index contributed by atoms with van der Waals surface area (Å²) in [7, 11) is 0. The summed E-state index contributed by atoms with van der Waals surface area (Å²) in [5, 5.41) is 11.0. The molecule has 0 aliphatic heterocycles. The van der Waals surface area contributed by atoms with Crippen LogP contribution in [0.5, 0.6) is 0 Å². The van der Waals surface area contributed by atoms with E-state index in [0.717, 1.165) is 17.8 Å². The molecule has 2 N–H and O–H groups in total. The minimum Gasteiger partial charge on any atom is -0.343 e. The smallest absolute Gasteiger partial charge is 0.259 e. The molecule has 0 fully saturated rings. The summed E-state index contributed by atoms with van der Waals surface area (Å²) >= 11 is 0. The number of rotatable bonds is 7. The van der Waals surface area contributed by atoms with Gasteiger partial charge in [0.15, 0.2) is 0 Å². The number of benzene rings is 3. The van der Waals surface area contributed by atoms with E-state index in [2.05, 4.69) is 20.9 Å². The summed E-state index contributed by atoms with van der Waals surface area (Å²) in [5.41, 5.74) is 5.20. The highest BCUT2D eigenvalue weighted by Gasteiger charge is 2.12. The molecule has 4 aromatic rings. The van der Waals surface area contributed by atoms with Crippen LogP contribution >= 0.6 is 0 Å². The molecule has 0 atom stereocenters. The van der Waals surface area contributed by atoms with Gasteiger partial charge in [0.25, 0.3) is 11.8 Å². The topological polar surface area (TPSA) is 88.4 Å². The van der Waals surface area contributed by atoms with E-state index in [1.54, 1.807) is 23.0 Å². The number of carbonyl (C=O) groups is 2. The van der Waals surface area contributed by atoms with Gasteiger partial charge in [0.1, 0.15) is 17.3 Å².